The van der Waals surface area contributed by atoms with Gasteiger partial charge < -0.3 is 5.11 Å². The van der Waals surface area contributed by atoms with Crippen LogP contribution in [0.5, 0.6) is 0 Å². The number of aliphatic hydroxyl groups is 1. The Bertz CT molecular complexity index is 670. The number of hydrogen-bond donors (Lipinski definition) is 1. The Labute approximate surface area is 145 Å². The van der Waals surface area contributed by atoms with Gasteiger partial charge in [0.15, 0.2) is 5.78 Å². The molecule has 24 heavy (non-hydrogen) atoms. The van der Waals surface area contributed by atoms with Gasteiger partial charge in [-0.05, 0) is 50.3 Å². The minimum Gasteiger partial charge on any atom is -0.388 e. The van der Waals surface area contributed by atoms with Crippen LogP contribution in [0.1, 0.15) is 73.9 Å². The molecule has 0 saturated carbocycles. The number of aromatic nitrogens is 2. The highest BCUT2D eigenvalue weighted by atomic mass is 16.3. The number of aliphatic hydroxyl groups excluding tert-OH is 1. The van der Waals surface area contributed by atoms with Gasteiger partial charge >= 0.3 is 0 Å². The highest BCUT2D eigenvalue weighted by Crippen LogP contribution is 2.27. The molecule has 2 heterocycles. The number of carbonyl (C=O) groups excluding carboxylic acids is 1. The van der Waals surface area contributed by atoms with Crippen molar-refractivity contribution in [1.29, 1.82) is 0 Å². The lowest BCUT2D eigenvalue weighted by Gasteiger charge is -2.19. The quantitative estimate of drug-likeness (QED) is 0.782. The number of carbonyl (C=O) groups is 1. The molecule has 0 bridgehead atoms. The lowest BCUT2D eigenvalue weighted by molar-refractivity contribution is 0.0971. The topological polar surface area (TPSA) is 63.1 Å². The van der Waals surface area contributed by atoms with Crippen LogP contribution in [0, 0.1) is 0 Å². The number of hydrogen-bond acceptors (Lipinski definition) is 4. The maximum Gasteiger partial charge on any atom is 0.164 e. The van der Waals surface area contributed by atoms with Gasteiger partial charge in [0.05, 0.1) is 11.8 Å². The molecule has 0 spiro atoms. The van der Waals surface area contributed by atoms with E-state index in [4.69, 9.17) is 0 Å². The van der Waals surface area contributed by atoms with Crippen molar-refractivity contribution >= 4 is 5.78 Å². The van der Waals surface area contributed by atoms with Crippen LogP contribution >= 0.6 is 0 Å². The molecule has 0 aliphatic heterocycles. The highest BCUT2D eigenvalue weighted by molar-refractivity contribution is 5.97. The van der Waals surface area contributed by atoms with E-state index < -0.39 is 0 Å². The second-order valence-electron chi connectivity index (χ2n) is 5.72. The average molecular weight is 328 g/mol. The summed E-state index contributed by atoms with van der Waals surface area (Å²) in [6.45, 7) is 0. The molecule has 2 aliphatic carbocycles. The fraction of sp³-hybridized carbons (Fsp3) is 0.450. The van der Waals surface area contributed by atoms with Crippen LogP contribution in [-0.4, -0.2) is 20.9 Å². The Kier molecular flexibility index (Phi) is 7.72. The summed E-state index contributed by atoms with van der Waals surface area (Å²) in [5.74, 6) is 0.249. The van der Waals surface area contributed by atoms with E-state index in [0.29, 0.717) is 6.42 Å². The summed E-state index contributed by atoms with van der Waals surface area (Å²) in [7, 11) is 0. The zero-order valence-corrected chi connectivity index (χ0v) is 12.5. The van der Waals surface area contributed by atoms with Crippen LogP contribution in [0.3, 0.4) is 0 Å². The molecule has 4 nitrogen and oxygen atoms in total. The Morgan fingerprint density at radius 1 is 0.917 bits per heavy atom. The summed E-state index contributed by atoms with van der Waals surface area (Å²) in [6, 6.07) is 7.53. The zero-order chi connectivity index (χ0) is 15.4. The number of fused-ring (bicyclic) bond motifs is 2. The highest BCUT2D eigenvalue weighted by Gasteiger charge is 2.17. The normalized spacial score (nSPS) is 17.9. The van der Waals surface area contributed by atoms with Gasteiger partial charge in [-0.1, -0.05) is 20.9 Å². The molecular weight excluding hydrogens is 300 g/mol. The number of Topliss-reactive ketones (excluding diaryl/α,β-unsaturated/α-hetero) is 1. The van der Waals surface area contributed by atoms with Gasteiger partial charge in [0.2, 0.25) is 0 Å². The van der Waals surface area contributed by atoms with Crippen molar-refractivity contribution < 1.29 is 9.90 Å². The van der Waals surface area contributed by atoms with E-state index in [2.05, 4.69) is 9.97 Å². The molecule has 0 fully saturated rings. The second-order valence-corrected chi connectivity index (χ2v) is 5.72. The molecule has 0 aromatic carbocycles. The number of nitrogens with zero attached hydrogens (tertiary/aromatic N) is 2. The standard InChI is InChI=1S/C9H11NO.C9H9NO.2CH4/c2*11-9-5-1-4-8-7(9)3-2-6-10-8;;/h2-3,6,9,11H,1,4-5H2;2-3,6H,1,4-5H2;2*1H4/t9-;;;/m1.../s1. The Balaban J connectivity index is 0.000000222. The second kappa shape index (κ2) is 9.28. The molecule has 0 saturated heterocycles. The van der Waals surface area contributed by atoms with Crippen LogP contribution in [0.15, 0.2) is 36.7 Å². The van der Waals surface area contributed by atoms with Gasteiger partial charge in [0.25, 0.3) is 0 Å². The van der Waals surface area contributed by atoms with Crippen LogP contribution in [0.4, 0.5) is 0 Å². The minimum absolute atomic E-state index is 0. The third kappa shape index (κ3) is 4.48. The first-order valence-corrected chi connectivity index (χ1v) is 7.84. The first-order chi connectivity index (χ1) is 10.8. The monoisotopic (exact) mass is 328 g/mol. The molecule has 2 aliphatic rings. The largest absolute Gasteiger partial charge is 0.388 e. The first kappa shape index (κ1) is 20.0. The van der Waals surface area contributed by atoms with E-state index in [0.717, 1.165) is 54.6 Å². The summed E-state index contributed by atoms with van der Waals surface area (Å²) in [5.41, 5.74) is 3.91. The van der Waals surface area contributed by atoms with Crippen molar-refractivity contribution in [2.45, 2.75) is 59.5 Å². The van der Waals surface area contributed by atoms with Crippen molar-refractivity contribution in [3.63, 3.8) is 0 Å². The van der Waals surface area contributed by atoms with Gasteiger partial charge in [-0.15, -0.1) is 0 Å². The van der Waals surface area contributed by atoms with Crippen LogP contribution < -0.4 is 0 Å². The molecule has 2 aromatic rings. The Morgan fingerprint density at radius 2 is 1.58 bits per heavy atom. The van der Waals surface area contributed by atoms with Gasteiger partial charge in [0.1, 0.15) is 0 Å². The first-order valence-electron chi connectivity index (χ1n) is 7.84. The smallest absolute Gasteiger partial charge is 0.164 e. The Morgan fingerprint density at radius 3 is 2.29 bits per heavy atom. The molecule has 0 amide bonds. The van der Waals surface area contributed by atoms with E-state index in [1.54, 1.807) is 12.4 Å². The molecule has 1 N–H and O–H groups in total. The number of ketones is 1. The molecular formula is C20H28N2O2. The van der Waals surface area contributed by atoms with E-state index in [1.165, 1.54) is 0 Å². The van der Waals surface area contributed by atoms with Crippen LogP contribution in [0.25, 0.3) is 0 Å². The summed E-state index contributed by atoms with van der Waals surface area (Å²) >= 11 is 0. The summed E-state index contributed by atoms with van der Waals surface area (Å²) < 4.78 is 0. The summed E-state index contributed by atoms with van der Waals surface area (Å²) in [5, 5.41) is 9.52. The summed E-state index contributed by atoms with van der Waals surface area (Å²) in [4.78, 5) is 19.6. The van der Waals surface area contributed by atoms with Crippen molar-refractivity contribution in [2.75, 3.05) is 0 Å². The van der Waals surface area contributed by atoms with E-state index >= 15 is 0 Å². The van der Waals surface area contributed by atoms with Gasteiger partial charge in [-0.3, -0.25) is 14.8 Å². The van der Waals surface area contributed by atoms with E-state index in [-0.39, 0.29) is 26.7 Å². The molecule has 2 aromatic heterocycles. The van der Waals surface area contributed by atoms with Gasteiger partial charge in [-0.25, -0.2) is 0 Å². The maximum absolute atomic E-state index is 11.2. The predicted octanol–water partition coefficient (Wildman–Crippen LogP) is 4.32. The van der Waals surface area contributed by atoms with Crippen molar-refractivity contribution in [1.82, 2.24) is 9.97 Å². The maximum atomic E-state index is 11.2. The van der Waals surface area contributed by atoms with E-state index in [9.17, 15) is 9.90 Å². The predicted molar refractivity (Wildman–Crippen MR) is 97.1 cm³/mol. The number of aryl methyl sites for hydroxylation is 2. The SMILES string of the molecule is C.C.O=C1CCCc2ncccc21.O[C@@H]1CCCc2ncccc21. The average Bonchev–Trinajstić information content (AvgIpc) is 2.57. The number of rotatable bonds is 0. The third-order valence-electron chi connectivity index (χ3n) is 4.18. The lowest BCUT2D eigenvalue weighted by atomic mass is 9.94. The van der Waals surface area contributed by atoms with Gasteiger partial charge in [-0.2, -0.15) is 0 Å². The minimum atomic E-state index is -0.271. The molecule has 0 radical (unpaired) electrons. The van der Waals surface area contributed by atoms with Crippen molar-refractivity contribution in [3.8, 4) is 0 Å². The van der Waals surface area contributed by atoms with E-state index in [1.807, 2.05) is 24.3 Å². The Hall–Kier alpha value is -2.07. The lowest BCUT2D eigenvalue weighted by Crippen LogP contribution is -2.11. The van der Waals surface area contributed by atoms with Crippen LogP contribution in [0.2, 0.25) is 0 Å². The van der Waals surface area contributed by atoms with Gasteiger partial charge in [0, 0.05) is 35.6 Å². The molecule has 4 heteroatoms. The third-order valence-corrected chi connectivity index (χ3v) is 4.18. The molecule has 130 valence electrons. The fourth-order valence-electron chi connectivity index (χ4n) is 3.02. The zero-order valence-electron chi connectivity index (χ0n) is 12.5. The molecule has 0 unspecified atom stereocenters. The molecule has 4 rings (SSSR count). The number of pyridine rings is 2. The fourth-order valence-corrected chi connectivity index (χ4v) is 3.02. The summed E-state index contributed by atoms with van der Waals surface area (Å²) in [6.07, 6.45) is 8.85. The van der Waals surface area contributed by atoms with Crippen LogP contribution in [-0.2, 0) is 12.8 Å². The van der Waals surface area contributed by atoms with Crippen molar-refractivity contribution in [3.05, 3.63) is 59.2 Å². The van der Waals surface area contributed by atoms with Crippen molar-refractivity contribution in [2.24, 2.45) is 0 Å². The molecule has 1 atom stereocenters.